The van der Waals surface area contributed by atoms with E-state index in [1.165, 1.54) is 16.7 Å². The third kappa shape index (κ3) is 5.33. The van der Waals surface area contributed by atoms with E-state index in [1.807, 2.05) is 13.8 Å². The average Bonchev–Trinajstić information content (AvgIpc) is 2.25. The van der Waals surface area contributed by atoms with Gasteiger partial charge < -0.3 is 9.47 Å². The van der Waals surface area contributed by atoms with Crippen molar-refractivity contribution in [3.05, 3.63) is 34.9 Å². The normalized spacial score (nSPS) is 11.1. The Kier molecular flexibility index (Phi) is 6.23. The topological polar surface area (TPSA) is 18.5 Å². The van der Waals surface area contributed by atoms with Crippen LogP contribution in [0.3, 0.4) is 0 Å². The predicted octanol–water partition coefficient (Wildman–Crippen LogP) is 3.64. The van der Waals surface area contributed by atoms with E-state index in [0.717, 1.165) is 12.8 Å². The van der Waals surface area contributed by atoms with Crippen LogP contribution in [0.15, 0.2) is 18.2 Å². The molecule has 0 aliphatic rings. The highest BCUT2D eigenvalue weighted by Gasteiger charge is 2.08. The standard InChI is InChI=1S/C15H24O2/c1-5-16-15(17-6-2)8-7-14-10-12(3)9-13(4)11-14/h9-11,15H,5-8H2,1-4H3. The molecule has 0 saturated carbocycles. The van der Waals surface area contributed by atoms with Gasteiger partial charge in [0, 0.05) is 19.6 Å². The zero-order valence-corrected chi connectivity index (χ0v) is 11.5. The quantitative estimate of drug-likeness (QED) is 0.673. The van der Waals surface area contributed by atoms with Gasteiger partial charge in [-0.2, -0.15) is 0 Å². The Balaban J connectivity index is 2.52. The van der Waals surface area contributed by atoms with Crippen LogP contribution in [0, 0.1) is 13.8 Å². The van der Waals surface area contributed by atoms with Crippen molar-refractivity contribution in [2.75, 3.05) is 13.2 Å². The number of hydrogen-bond donors (Lipinski definition) is 0. The van der Waals surface area contributed by atoms with Crippen LogP contribution in [0.1, 0.15) is 37.0 Å². The average molecular weight is 236 g/mol. The molecule has 0 spiro atoms. The molecule has 0 bridgehead atoms. The third-order valence-electron chi connectivity index (χ3n) is 2.66. The fourth-order valence-electron chi connectivity index (χ4n) is 2.08. The maximum atomic E-state index is 5.54. The minimum Gasteiger partial charge on any atom is -0.353 e. The van der Waals surface area contributed by atoms with Gasteiger partial charge in [0.25, 0.3) is 0 Å². The molecule has 0 N–H and O–H groups in total. The summed E-state index contributed by atoms with van der Waals surface area (Å²) in [5.41, 5.74) is 4.01. The number of benzene rings is 1. The summed E-state index contributed by atoms with van der Waals surface area (Å²) in [6.07, 6.45) is 1.86. The largest absolute Gasteiger partial charge is 0.353 e. The molecule has 0 aliphatic heterocycles. The fraction of sp³-hybridized carbons (Fsp3) is 0.600. The monoisotopic (exact) mass is 236 g/mol. The smallest absolute Gasteiger partial charge is 0.157 e. The molecule has 2 nitrogen and oxygen atoms in total. The minimum absolute atomic E-state index is 0.0641. The van der Waals surface area contributed by atoms with Gasteiger partial charge in [-0.15, -0.1) is 0 Å². The van der Waals surface area contributed by atoms with Gasteiger partial charge in [0.2, 0.25) is 0 Å². The van der Waals surface area contributed by atoms with Gasteiger partial charge in [-0.05, 0) is 39.7 Å². The number of hydrogen-bond acceptors (Lipinski definition) is 2. The molecule has 0 unspecified atom stereocenters. The summed E-state index contributed by atoms with van der Waals surface area (Å²) in [7, 11) is 0. The van der Waals surface area contributed by atoms with Crippen LogP contribution in [0.25, 0.3) is 0 Å². The summed E-state index contributed by atoms with van der Waals surface area (Å²) in [5.74, 6) is 0. The molecule has 2 heteroatoms. The van der Waals surface area contributed by atoms with Crippen LogP contribution in [0.4, 0.5) is 0 Å². The molecule has 0 atom stereocenters. The first-order valence-electron chi connectivity index (χ1n) is 6.46. The maximum absolute atomic E-state index is 5.54. The van der Waals surface area contributed by atoms with Crippen LogP contribution < -0.4 is 0 Å². The summed E-state index contributed by atoms with van der Waals surface area (Å²) in [4.78, 5) is 0. The molecule has 1 aromatic carbocycles. The molecule has 96 valence electrons. The molecule has 0 aliphatic carbocycles. The molecule has 1 aromatic rings. The van der Waals surface area contributed by atoms with Crippen molar-refractivity contribution in [1.82, 2.24) is 0 Å². The molecule has 0 radical (unpaired) electrons. The van der Waals surface area contributed by atoms with E-state index < -0.39 is 0 Å². The zero-order valence-electron chi connectivity index (χ0n) is 11.5. The lowest BCUT2D eigenvalue weighted by atomic mass is 10.0. The van der Waals surface area contributed by atoms with E-state index >= 15 is 0 Å². The van der Waals surface area contributed by atoms with Crippen LogP contribution >= 0.6 is 0 Å². The summed E-state index contributed by atoms with van der Waals surface area (Å²) in [5, 5.41) is 0. The first-order chi connectivity index (χ1) is 8.15. The van der Waals surface area contributed by atoms with E-state index in [4.69, 9.17) is 9.47 Å². The highest BCUT2D eigenvalue weighted by Crippen LogP contribution is 2.13. The Labute approximate surface area is 105 Å². The van der Waals surface area contributed by atoms with Crippen molar-refractivity contribution in [1.29, 1.82) is 0 Å². The zero-order chi connectivity index (χ0) is 12.7. The molecule has 0 amide bonds. The van der Waals surface area contributed by atoms with E-state index in [9.17, 15) is 0 Å². The fourth-order valence-corrected chi connectivity index (χ4v) is 2.08. The second-order valence-electron chi connectivity index (χ2n) is 4.37. The first-order valence-corrected chi connectivity index (χ1v) is 6.46. The lowest BCUT2D eigenvalue weighted by Gasteiger charge is -2.17. The highest BCUT2D eigenvalue weighted by atomic mass is 16.7. The lowest BCUT2D eigenvalue weighted by Crippen LogP contribution is -2.18. The summed E-state index contributed by atoms with van der Waals surface area (Å²) in [6.45, 7) is 9.69. The van der Waals surface area contributed by atoms with Crippen molar-refractivity contribution in [3.8, 4) is 0 Å². The number of aryl methyl sites for hydroxylation is 3. The van der Waals surface area contributed by atoms with Crippen LogP contribution in [-0.4, -0.2) is 19.5 Å². The van der Waals surface area contributed by atoms with E-state index in [0.29, 0.717) is 13.2 Å². The molecular formula is C15H24O2. The predicted molar refractivity (Wildman–Crippen MR) is 71.3 cm³/mol. The Morgan fingerprint density at radius 1 is 0.941 bits per heavy atom. The Morgan fingerprint density at radius 3 is 1.94 bits per heavy atom. The molecule has 17 heavy (non-hydrogen) atoms. The SMILES string of the molecule is CCOC(CCc1cc(C)cc(C)c1)OCC. The summed E-state index contributed by atoms with van der Waals surface area (Å²) in [6, 6.07) is 6.68. The van der Waals surface area contributed by atoms with E-state index in [1.54, 1.807) is 0 Å². The first kappa shape index (κ1) is 14.2. The van der Waals surface area contributed by atoms with E-state index in [-0.39, 0.29) is 6.29 Å². The molecule has 0 saturated heterocycles. The van der Waals surface area contributed by atoms with Crippen molar-refractivity contribution >= 4 is 0 Å². The molecule has 0 fully saturated rings. The van der Waals surface area contributed by atoms with Gasteiger partial charge in [0.15, 0.2) is 6.29 Å². The third-order valence-corrected chi connectivity index (χ3v) is 2.66. The minimum atomic E-state index is -0.0641. The molecular weight excluding hydrogens is 212 g/mol. The highest BCUT2D eigenvalue weighted by molar-refractivity contribution is 5.28. The summed E-state index contributed by atoms with van der Waals surface area (Å²) < 4.78 is 11.1. The molecule has 1 rings (SSSR count). The van der Waals surface area contributed by atoms with Crippen molar-refractivity contribution < 1.29 is 9.47 Å². The van der Waals surface area contributed by atoms with Crippen molar-refractivity contribution in [2.45, 2.75) is 46.8 Å². The lowest BCUT2D eigenvalue weighted by molar-refractivity contribution is -0.139. The van der Waals surface area contributed by atoms with Crippen molar-refractivity contribution in [3.63, 3.8) is 0 Å². The van der Waals surface area contributed by atoms with Gasteiger partial charge in [-0.3, -0.25) is 0 Å². The van der Waals surface area contributed by atoms with Crippen LogP contribution in [-0.2, 0) is 15.9 Å². The van der Waals surface area contributed by atoms with E-state index in [2.05, 4.69) is 32.0 Å². The molecule has 0 aromatic heterocycles. The van der Waals surface area contributed by atoms with Gasteiger partial charge in [0.1, 0.15) is 0 Å². The van der Waals surface area contributed by atoms with Crippen molar-refractivity contribution in [2.24, 2.45) is 0 Å². The van der Waals surface area contributed by atoms with Crippen LogP contribution in [0.5, 0.6) is 0 Å². The van der Waals surface area contributed by atoms with Gasteiger partial charge >= 0.3 is 0 Å². The molecule has 0 heterocycles. The van der Waals surface area contributed by atoms with Gasteiger partial charge in [0.05, 0.1) is 0 Å². The Hall–Kier alpha value is -0.860. The number of ether oxygens (including phenoxy) is 2. The van der Waals surface area contributed by atoms with Gasteiger partial charge in [-0.25, -0.2) is 0 Å². The maximum Gasteiger partial charge on any atom is 0.157 e. The summed E-state index contributed by atoms with van der Waals surface area (Å²) >= 11 is 0. The number of rotatable bonds is 7. The Morgan fingerprint density at radius 2 is 1.47 bits per heavy atom. The second-order valence-corrected chi connectivity index (χ2v) is 4.37. The van der Waals surface area contributed by atoms with Gasteiger partial charge in [-0.1, -0.05) is 29.3 Å². The Bertz CT molecular complexity index is 307. The van der Waals surface area contributed by atoms with Crippen LogP contribution in [0.2, 0.25) is 0 Å². The second kappa shape index (κ2) is 7.46.